The van der Waals surface area contributed by atoms with Crippen LogP contribution in [0.2, 0.25) is 0 Å². The average Bonchev–Trinajstić information content (AvgIpc) is 1.87. The van der Waals surface area contributed by atoms with Crippen LogP contribution in [-0.4, -0.2) is 11.9 Å². The molecule has 84 valence electrons. The molecule has 15 heavy (non-hydrogen) atoms. The minimum Gasteiger partial charge on any atom is -2.00 e. The van der Waals surface area contributed by atoms with Gasteiger partial charge < -0.3 is 20.4 Å². The van der Waals surface area contributed by atoms with Crippen LogP contribution in [0.4, 0.5) is 0 Å². The van der Waals surface area contributed by atoms with Crippen LogP contribution in [0.1, 0.15) is 13.8 Å². The number of hydrogen-bond donors (Lipinski definition) is 0. The summed E-state index contributed by atoms with van der Waals surface area (Å²) in [4.78, 5) is 19.5. The van der Waals surface area contributed by atoms with Crippen LogP contribution in [0.5, 0.6) is 0 Å². The number of hydrogen-bond acceptors (Lipinski definition) is 4. The first kappa shape index (κ1) is 29.2. The Hall–Kier alpha value is -0.790. The second-order valence-electron chi connectivity index (χ2n) is 1.55. The summed E-state index contributed by atoms with van der Waals surface area (Å²) in [5, 5.41) is 0. The van der Waals surface area contributed by atoms with E-state index in [0.717, 1.165) is 12.5 Å². The summed E-state index contributed by atoms with van der Waals surface area (Å²) in [6, 6.07) is 0. The molecule has 0 aromatic rings. The molecular weight excluding hydrogens is 371 g/mol. The van der Waals surface area contributed by atoms with Gasteiger partial charge >= 0.3 is 37.8 Å². The summed E-state index contributed by atoms with van der Waals surface area (Å²) in [7, 11) is 0. The van der Waals surface area contributed by atoms with E-state index < -0.39 is 0 Å². The molecule has 0 amide bonds. The van der Waals surface area contributed by atoms with Crippen molar-refractivity contribution in [2.75, 3.05) is 0 Å². The summed E-state index contributed by atoms with van der Waals surface area (Å²) >= 11 is 0. The molecule has 0 unspecified atom stereocenters. The van der Waals surface area contributed by atoms with Crippen molar-refractivity contribution in [1.29, 1.82) is 0 Å². The van der Waals surface area contributed by atoms with Gasteiger partial charge in [0.25, 0.3) is 0 Å². The molecular formula is C8H12HfO6. The Morgan fingerprint density at radius 3 is 1.13 bits per heavy atom. The summed E-state index contributed by atoms with van der Waals surface area (Å²) in [6.45, 7) is 8.96. The van der Waals surface area contributed by atoms with Crippen molar-refractivity contribution >= 4 is 11.9 Å². The molecule has 0 aromatic heterocycles. The molecule has 0 rings (SSSR count). The van der Waals surface area contributed by atoms with Gasteiger partial charge in [-0.1, -0.05) is 13.2 Å². The summed E-state index contributed by atoms with van der Waals surface area (Å²) in [6.07, 6.45) is 2.20. The number of carbonyl (C=O) groups excluding carboxylic acids is 2. The maximum Gasteiger partial charge on any atom is 4.00 e. The van der Waals surface area contributed by atoms with Crippen molar-refractivity contribution in [2.24, 2.45) is 0 Å². The molecule has 0 atom stereocenters. The molecule has 0 N–H and O–H groups in total. The zero-order valence-electron chi connectivity index (χ0n) is 8.52. The summed E-state index contributed by atoms with van der Waals surface area (Å²) in [5.74, 6) is -0.657. The molecule has 0 saturated carbocycles. The zero-order chi connectivity index (χ0) is 9.98. The van der Waals surface area contributed by atoms with Crippen molar-refractivity contribution in [3.8, 4) is 0 Å². The Balaban J connectivity index is -0.0000000370. The van der Waals surface area contributed by atoms with E-state index in [9.17, 15) is 9.59 Å². The smallest absolute Gasteiger partial charge is 2.00 e. The molecule has 0 radical (unpaired) electrons. The monoisotopic (exact) mass is 384 g/mol. The molecule has 0 bridgehead atoms. The number of rotatable bonds is 2. The maximum absolute atomic E-state index is 9.75. The largest absolute Gasteiger partial charge is 4.00 e. The Morgan fingerprint density at radius 1 is 0.933 bits per heavy atom. The second kappa shape index (κ2) is 23.2. The van der Waals surface area contributed by atoms with Crippen molar-refractivity contribution in [3.05, 3.63) is 25.7 Å². The van der Waals surface area contributed by atoms with E-state index in [4.69, 9.17) is 0 Å². The Morgan fingerprint density at radius 2 is 1.13 bits per heavy atom. The normalized spacial score (nSPS) is 5.47. The molecule has 0 spiro atoms. The van der Waals surface area contributed by atoms with E-state index in [1.807, 2.05) is 0 Å². The van der Waals surface area contributed by atoms with Crippen LogP contribution in [0.3, 0.4) is 0 Å². The predicted molar refractivity (Wildman–Crippen MR) is 45.3 cm³/mol. The van der Waals surface area contributed by atoms with Crippen molar-refractivity contribution in [3.63, 3.8) is 0 Å². The summed E-state index contributed by atoms with van der Waals surface area (Å²) in [5.41, 5.74) is 0. The number of carbonyl (C=O) groups is 2. The van der Waals surface area contributed by atoms with E-state index in [1.54, 1.807) is 0 Å². The number of ether oxygens (including phenoxy) is 2. The van der Waals surface area contributed by atoms with E-state index in [2.05, 4.69) is 22.6 Å². The summed E-state index contributed by atoms with van der Waals surface area (Å²) < 4.78 is 8.33. The molecule has 0 saturated heterocycles. The first-order valence-electron chi connectivity index (χ1n) is 3.10. The third-order valence-electron chi connectivity index (χ3n) is 0.499. The van der Waals surface area contributed by atoms with Gasteiger partial charge in [0.2, 0.25) is 0 Å². The van der Waals surface area contributed by atoms with E-state index in [1.165, 1.54) is 13.8 Å². The van der Waals surface area contributed by atoms with Gasteiger partial charge in [-0.05, 0) is 0 Å². The van der Waals surface area contributed by atoms with Crippen LogP contribution < -0.4 is 0 Å². The molecule has 0 aliphatic heterocycles. The van der Waals surface area contributed by atoms with Crippen LogP contribution in [0, 0.1) is 0 Å². The van der Waals surface area contributed by atoms with Crippen LogP contribution in [0.25, 0.3) is 0 Å². The second-order valence-corrected chi connectivity index (χ2v) is 1.55. The zero-order valence-corrected chi connectivity index (χ0v) is 12.1. The molecule has 0 aliphatic rings. The minimum atomic E-state index is -0.329. The SMILES string of the molecule is C=COC(C)=O.C=COC(C)=O.[Hf+4].[O-2].[O-2]. The van der Waals surface area contributed by atoms with E-state index >= 15 is 0 Å². The van der Waals surface area contributed by atoms with Gasteiger partial charge in [-0.3, -0.25) is 9.59 Å². The van der Waals surface area contributed by atoms with Crippen LogP contribution in [-0.2, 0) is 55.9 Å². The fourth-order valence-corrected chi connectivity index (χ4v) is 0.235. The molecule has 0 heterocycles. The molecule has 0 aliphatic carbocycles. The quantitative estimate of drug-likeness (QED) is 0.405. The fraction of sp³-hybridized carbons (Fsp3) is 0.250. The van der Waals surface area contributed by atoms with Gasteiger partial charge in [0, 0.05) is 13.8 Å². The van der Waals surface area contributed by atoms with Crippen LogP contribution in [0.15, 0.2) is 25.7 Å². The standard InChI is InChI=1S/2C4H6O2.Hf.2O/c2*1-3-6-4(2)5;;;/h2*3H,1H2,2H3;;;/q;;+4;2*-2. The van der Waals surface area contributed by atoms with Crippen molar-refractivity contribution in [2.45, 2.75) is 13.8 Å². The third-order valence-corrected chi connectivity index (χ3v) is 0.499. The molecule has 0 fully saturated rings. The predicted octanol–water partition coefficient (Wildman–Crippen LogP) is 1.15. The average molecular weight is 383 g/mol. The minimum absolute atomic E-state index is 0. The Bertz CT molecular complexity index is 160. The maximum atomic E-state index is 9.75. The number of esters is 2. The molecule has 0 aromatic carbocycles. The van der Waals surface area contributed by atoms with Crippen molar-refractivity contribution in [1.82, 2.24) is 0 Å². The van der Waals surface area contributed by atoms with Gasteiger partial charge in [0.05, 0.1) is 12.5 Å². The van der Waals surface area contributed by atoms with Gasteiger partial charge in [-0.15, -0.1) is 0 Å². The third kappa shape index (κ3) is 61.2. The van der Waals surface area contributed by atoms with Crippen molar-refractivity contribution < 1.29 is 55.9 Å². The molecule has 6 nitrogen and oxygen atoms in total. The first-order valence-corrected chi connectivity index (χ1v) is 3.10. The Kier molecular flexibility index (Phi) is 45.2. The Labute approximate surface area is 107 Å². The fourth-order valence-electron chi connectivity index (χ4n) is 0.235. The van der Waals surface area contributed by atoms with Gasteiger partial charge in [-0.2, -0.15) is 0 Å². The van der Waals surface area contributed by atoms with Crippen LogP contribution >= 0.6 is 0 Å². The topological polar surface area (TPSA) is 110 Å². The first-order chi connectivity index (χ1) is 5.54. The van der Waals surface area contributed by atoms with Gasteiger partial charge in [-0.25, -0.2) is 0 Å². The van der Waals surface area contributed by atoms with Gasteiger partial charge in [0.1, 0.15) is 0 Å². The van der Waals surface area contributed by atoms with E-state index in [-0.39, 0.29) is 48.7 Å². The van der Waals surface area contributed by atoms with E-state index in [0.29, 0.717) is 0 Å². The van der Waals surface area contributed by atoms with Gasteiger partial charge in [0.15, 0.2) is 0 Å². The molecule has 7 heteroatoms.